The zero-order chi connectivity index (χ0) is 16.1. The summed E-state index contributed by atoms with van der Waals surface area (Å²) in [5, 5.41) is 16.8. The molecule has 0 spiro atoms. The number of nitrogens with one attached hydrogen (secondary N) is 2. The van der Waals surface area contributed by atoms with Crippen LogP contribution in [0.2, 0.25) is 0 Å². The summed E-state index contributed by atoms with van der Waals surface area (Å²) in [6.45, 7) is 10.7. The predicted molar refractivity (Wildman–Crippen MR) is 85.5 cm³/mol. The third kappa shape index (κ3) is 5.13. The Kier molecular flexibility index (Phi) is 5.92. The van der Waals surface area contributed by atoms with Crippen LogP contribution in [-0.4, -0.2) is 39.9 Å². The molecule has 0 amide bonds. The molecule has 1 heterocycles. The third-order valence-corrected chi connectivity index (χ3v) is 3.57. The Balaban J connectivity index is 3.02. The molecule has 0 unspecified atom stereocenters. The van der Waals surface area contributed by atoms with E-state index in [-0.39, 0.29) is 0 Å². The lowest BCUT2D eigenvalue weighted by atomic mass is 9.86. The lowest BCUT2D eigenvalue weighted by Gasteiger charge is -2.38. The molecular formula is C15H28N4O2. The largest absolute Gasteiger partial charge is 0.388 e. The van der Waals surface area contributed by atoms with Gasteiger partial charge < -0.3 is 20.5 Å². The molecule has 0 aliphatic rings. The highest BCUT2D eigenvalue weighted by Crippen LogP contribution is 2.26. The monoisotopic (exact) mass is 296 g/mol. The van der Waals surface area contributed by atoms with Gasteiger partial charge in [0.2, 0.25) is 0 Å². The number of aliphatic hydroxyl groups is 1. The quantitative estimate of drug-likeness (QED) is 0.683. The van der Waals surface area contributed by atoms with E-state index in [2.05, 4.69) is 27.5 Å². The number of anilines is 2. The number of aromatic nitrogens is 2. The first kappa shape index (κ1) is 17.7. The van der Waals surface area contributed by atoms with E-state index in [1.165, 1.54) is 0 Å². The van der Waals surface area contributed by atoms with Crippen molar-refractivity contribution in [2.24, 2.45) is 0 Å². The summed E-state index contributed by atoms with van der Waals surface area (Å²) in [6.07, 6.45) is 1.02. The smallest absolute Gasteiger partial charge is 0.158 e. The van der Waals surface area contributed by atoms with E-state index in [0.29, 0.717) is 18.2 Å². The molecule has 1 rings (SSSR count). The lowest BCUT2D eigenvalue weighted by molar-refractivity contribution is 0.0238. The minimum Gasteiger partial charge on any atom is -0.388 e. The third-order valence-electron chi connectivity index (χ3n) is 3.57. The minimum atomic E-state index is -0.892. The van der Waals surface area contributed by atoms with Gasteiger partial charge in [-0.2, -0.15) is 0 Å². The number of ether oxygens (including phenoxy) is 1. The second-order valence-corrected chi connectivity index (χ2v) is 6.22. The average molecular weight is 296 g/mol. The topological polar surface area (TPSA) is 79.3 Å². The second-order valence-electron chi connectivity index (χ2n) is 6.22. The molecule has 1 aromatic rings. The van der Waals surface area contributed by atoms with E-state index < -0.39 is 11.1 Å². The van der Waals surface area contributed by atoms with Crippen molar-refractivity contribution in [3.8, 4) is 0 Å². The van der Waals surface area contributed by atoms with E-state index in [0.717, 1.165) is 18.8 Å². The molecule has 0 radical (unpaired) electrons. The van der Waals surface area contributed by atoms with Gasteiger partial charge in [-0.1, -0.05) is 6.92 Å². The van der Waals surface area contributed by atoms with Gasteiger partial charge in [0.05, 0.1) is 11.1 Å². The second kappa shape index (κ2) is 7.04. The molecule has 120 valence electrons. The van der Waals surface area contributed by atoms with E-state index >= 15 is 0 Å². The standard InChI is InChI=1S/C15H28N4O2/c1-7-8-16-11-9-12(18-13(17-11)10-21-6)19-14(2,3)15(4,5)20/h9,20H,7-8,10H2,1-6H3,(H2,16,17,18,19). The Bertz CT molecular complexity index is 455. The highest BCUT2D eigenvalue weighted by atomic mass is 16.5. The van der Waals surface area contributed by atoms with Crippen molar-refractivity contribution in [1.29, 1.82) is 0 Å². The molecule has 0 fully saturated rings. The van der Waals surface area contributed by atoms with Crippen LogP contribution in [0.3, 0.4) is 0 Å². The Morgan fingerprint density at radius 2 is 1.81 bits per heavy atom. The SMILES string of the molecule is CCCNc1cc(NC(C)(C)C(C)(C)O)nc(COC)n1. The summed E-state index contributed by atoms with van der Waals surface area (Å²) in [7, 11) is 1.61. The molecule has 0 aliphatic carbocycles. The lowest BCUT2D eigenvalue weighted by Crippen LogP contribution is -2.51. The van der Waals surface area contributed by atoms with Crippen molar-refractivity contribution in [3.63, 3.8) is 0 Å². The summed E-state index contributed by atoms with van der Waals surface area (Å²) >= 11 is 0. The molecule has 0 aliphatic heterocycles. The van der Waals surface area contributed by atoms with Crippen LogP contribution in [0.5, 0.6) is 0 Å². The summed E-state index contributed by atoms with van der Waals surface area (Å²) < 4.78 is 5.11. The molecular weight excluding hydrogens is 268 g/mol. The van der Waals surface area contributed by atoms with Gasteiger partial charge in [0, 0.05) is 19.7 Å². The fourth-order valence-corrected chi connectivity index (χ4v) is 1.57. The van der Waals surface area contributed by atoms with Crippen LogP contribution in [0.15, 0.2) is 6.07 Å². The summed E-state index contributed by atoms with van der Waals surface area (Å²) in [5.41, 5.74) is -1.43. The molecule has 0 atom stereocenters. The first-order valence-corrected chi connectivity index (χ1v) is 7.31. The van der Waals surface area contributed by atoms with Crippen LogP contribution in [-0.2, 0) is 11.3 Å². The van der Waals surface area contributed by atoms with Crippen LogP contribution in [0.1, 0.15) is 46.9 Å². The van der Waals surface area contributed by atoms with Crippen molar-refractivity contribution in [3.05, 3.63) is 11.9 Å². The fraction of sp³-hybridized carbons (Fsp3) is 0.733. The minimum absolute atomic E-state index is 0.346. The van der Waals surface area contributed by atoms with Crippen molar-refractivity contribution >= 4 is 11.6 Å². The summed E-state index contributed by atoms with van der Waals surface area (Å²) in [6, 6.07) is 1.85. The summed E-state index contributed by atoms with van der Waals surface area (Å²) in [4.78, 5) is 8.83. The molecule has 6 heteroatoms. The van der Waals surface area contributed by atoms with Crippen molar-refractivity contribution in [2.75, 3.05) is 24.3 Å². The number of nitrogens with zero attached hydrogens (tertiary/aromatic N) is 2. The zero-order valence-corrected chi connectivity index (χ0v) is 13.9. The molecule has 0 aromatic carbocycles. The molecule has 0 saturated heterocycles. The fourth-order valence-electron chi connectivity index (χ4n) is 1.57. The van der Waals surface area contributed by atoms with E-state index in [9.17, 15) is 5.11 Å². The van der Waals surface area contributed by atoms with Gasteiger partial charge in [0.1, 0.15) is 18.2 Å². The van der Waals surface area contributed by atoms with E-state index in [1.54, 1.807) is 21.0 Å². The van der Waals surface area contributed by atoms with Gasteiger partial charge in [-0.3, -0.25) is 0 Å². The van der Waals surface area contributed by atoms with Gasteiger partial charge in [0.15, 0.2) is 5.82 Å². The van der Waals surface area contributed by atoms with Crippen molar-refractivity contribution in [2.45, 2.75) is 58.8 Å². The average Bonchev–Trinajstić information content (AvgIpc) is 2.34. The molecule has 1 aromatic heterocycles. The Labute approximate surface area is 127 Å². The highest BCUT2D eigenvalue weighted by molar-refractivity contribution is 5.49. The van der Waals surface area contributed by atoms with Gasteiger partial charge in [-0.05, 0) is 34.1 Å². The van der Waals surface area contributed by atoms with Crippen molar-refractivity contribution < 1.29 is 9.84 Å². The first-order chi connectivity index (χ1) is 9.69. The van der Waals surface area contributed by atoms with Crippen LogP contribution < -0.4 is 10.6 Å². The Morgan fingerprint density at radius 1 is 1.19 bits per heavy atom. The maximum absolute atomic E-state index is 10.2. The molecule has 0 saturated carbocycles. The van der Waals surface area contributed by atoms with Crippen LogP contribution >= 0.6 is 0 Å². The number of hydrogen-bond acceptors (Lipinski definition) is 6. The number of methoxy groups -OCH3 is 1. The Morgan fingerprint density at radius 3 is 2.33 bits per heavy atom. The van der Waals surface area contributed by atoms with E-state index in [4.69, 9.17) is 4.74 Å². The van der Waals surface area contributed by atoms with E-state index in [1.807, 2.05) is 19.9 Å². The van der Waals surface area contributed by atoms with Crippen molar-refractivity contribution in [1.82, 2.24) is 9.97 Å². The maximum Gasteiger partial charge on any atom is 0.158 e. The number of hydrogen-bond donors (Lipinski definition) is 3. The normalized spacial score (nSPS) is 12.3. The first-order valence-electron chi connectivity index (χ1n) is 7.31. The highest BCUT2D eigenvalue weighted by Gasteiger charge is 2.35. The molecule has 6 nitrogen and oxygen atoms in total. The molecule has 3 N–H and O–H groups in total. The van der Waals surface area contributed by atoms with Gasteiger partial charge >= 0.3 is 0 Å². The van der Waals surface area contributed by atoms with Gasteiger partial charge in [-0.15, -0.1) is 0 Å². The van der Waals surface area contributed by atoms with Crippen LogP contribution in [0, 0.1) is 0 Å². The summed E-state index contributed by atoms with van der Waals surface area (Å²) in [5.74, 6) is 2.03. The van der Waals surface area contributed by atoms with Crippen LogP contribution in [0.4, 0.5) is 11.6 Å². The number of rotatable bonds is 8. The van der Waals surface area contributed by atoms with Gasteiger partial charge in [-0.25, -0.2) is 9.97 Å². The molecule has 0 bridgehead atoms. The Hall–Kier alpha value is -1.40. The van der Waals surface area contributed by atoms with Crippen LogP contribution in [0.25, 0.3) is 0 Å². The predicted octanol–water partition coefficient (Wildman–Crippen LogP) is 2.41. The van der Waals surface area contributed by atoms with Gasteiger partial charge in [0.25, 0.3) is 0 Å². The maximum atomic E-state index is 10.2. The molecule has 21 heavy (non-hydrogen) atoms. The zero-order valence-electron chi connectivity index (χ0n) is 13.9.